The molecule has 0 aliphatic carbocycles. The predicted molar refractivity (Wildman–Crippen MR) is 115 cm³/mol. The van der Waals surface area contributed by atoms with E-state index >= 15 is 0 Å². The molecule has 0 spiro atoms. The summed E-state index contributed by atoms with van der Waals surface area (Å²) in [5.41, 5.74) is 0.428. The van der Waals surface area contributed by atoms with Crippen LogP contribution in [0.25, 0.3) is 0 Å². The molecule has 1 unspecified atom stereocenters. The first-order valence-corrected chi connectivity index (χ1v) is 10.5. The Labute approximate surface area is 191 Å². The zero-order chi connectivity index (χ0) is 24.4. The molecular weight excluding hydrogens is 436 g/mol. The third-order valence-corrected chi connectivity index (χ3v) is 5.08. The van der Waals surface area contributed by atoms with Crippen LogP contribution in [-0.4, -0.2) is 65.4 Å². The van der Waals surface area contributed by atoms with Gasteiger partial charge < -0.3 is 24.2 Å². The van der Waals surface area contributed by atoms with Crippen LogP contribution in [0, 0.1) is 16.0 Å². The summed E-state index contributed by atoms with van der Waals surface area (Å²) >= 11 is 0. The largest absolute Gasteiger partial charge is 0.463 e. The fraction of sp³-hybridized carbons (Fsp3) is 0.500. The Kier molecular flexibility index (Phi) is 9.80. The summed E-state index contributed by atoms with van der Waals surface area (Å²) in [6.07, 6.45) is -0.725. The molecule has 1 heterocycles. The molecule has 1 N–H and O–H groups in total. The number of aliphatic hydroxyl groups excluding tert-OH is 1. The predicted octanol–water partition coefficient (Wildman–Crippen LogP) is 2.36. The maximum atomic E-state index is 12.3. The number of piperidine rings is 1. The van der Waals surface area contributed by atoms with Crippen LogP contribution in [0.2, 0.25) is 0 Å². The Morgan fingerprint density at radius 1 is 1.21 bits per heavy atom. The highest BCUT2D eigenvalue weighted by Crippen LogP contribution is 2.22. The summed E-state index contributed by atoms with van der Waals surface area (Å²) in [6, 6.07) is 6.02. The molecule has 1 amide bonds. The SMILES string of the molecule is C=C(C)C(=O)OCCC(O)COC(=O)C1CCN(C(=O)OCc2ccccc2[N+](=O)[O-])CC1. The van der Waals surface area contributed by atoms with Crippen LogP contribution >= 0.6 is 0 Å². The first-order chi connectivity index (χ1) is 15.7. The number of nitro benzene ring substituents is 1. The summed E-state index contributed by atoms with van der Waals surface area (Å²) < 4.78 is 15.2. The van der Waals surface area contributed by atoms with E-state index in [1.807, 2.05) is 0 Å². The van der Waals surface area contributed by atoms with E-state index < -0.39 is 35.0 Å². The van der Waals surface area contributed by atoms with Crippen molar-refractivity contribution in [3.8, 4) is 0 Å². The van der Waals surface area contributed by atoms with Crippen LogP contribution in [0.1, 0.15) is 31.7 Å². The number of esters is 2. The number of carbonyl (C=O) groups excluding carboxylic acids is 3. The van der Waals surface area contributed by atoms with Crippen LogP contribution in [0.5, 0.6) is 0 Å². The van der Waals surface area contributed by atoms with Gasteiger partial charge in [-0.15, -0.1) is 0 Å². The Hall–Kier alpha value is -3.47. The fourth-order valence-corrected chi connectivity index (χ4v) is 3.13. The van der Waals surface area contributed by atoms with Crippen molar-refractivity contribution >= 4 is 23.7 Å². The van der Waals surface area contributed by atoms with Gasteiger partial charge in [-0.25, -0.2) is 9.59 Å². The average Bonchev–Trinajstić information content (AvgIpc) is 2.81. The van der Waals surface area contributed by atoms with Crippen LogP contribution in [0.15, 0.2) is 36.4 Å². The smallest absolute Gasteiger partial charge is 0.410 e. The number of amides is 1. The maximum Gasteiger partial charge on any atom is 0.410 e. The van der Waals surface area contributed by atoms with Crippen molar-refractivity contribution in [3.63, 3.8) is 0 Å². The van der Waals surface area contributed by atoms with Crippen molar-refractivity contribution in [3.05, 3.63) is 52.1 Å². The number of rotatable bonds is 10. The Bertz CT molecular complexity index is 878. The first kappa shape index (κ1) is 25.8. The number of ether oxygens (including phenoxy) is 3. The zero-order valence-electron chi connectivity index (χ0n) is 18.4. The van der Waals surface area contributed by atoms with Crippen molar-refractivity contribution in [1.29, 1.82) is 0 Å². The van der Waals surface area contributed by atoms with Gasteiger partial charge in [-0.2, -0.15) is 0 Å². The fourth-order valence-electron chi connectivity index (χ4n) is 3.13. The van der Waals surface area contributed by atoms with Crippen LogP contribution in [0.4, 0.5) is 10.5 Å². The van der Waals surface area contributed by atoms with E-state index in [4.69, 9.17) is 14.2 Å². The molecule has 0 radical (unpaired) electrons. The van der Waals surface area contributed by atoms with Gasteiger partial charge in [0.05, 0.1) is 29.1 Å². The Morgan fingerprint density at radius 2 is 1.88 bits per heavy atom. The van der Waals surface area contributed by atoms with Gasteiger partial charge in [0.2, 0.25) is 0 Å². The second-order valence-corrected chi connectivity index (χ2v) is 7.69. The number of likely N-dealkylation sites (tertiary alicyclic amines) is 1. The van der Waals surface area contributed by atoms with Crippen molar-refractivity contribution in [2.75, 3.05) is 26.3 Å². The molecule has 33 heavy (non-hydrogen) atoms. The zero-order valence-corrected chi connectivity index (χ0v) is 18.4. The molecule has 180 valence electrons. The lowest BCUT2D eigenvalue weighted by Gasteiger charge is -2.30. The lowest BCUT2D eigenvalue weighted by atomic mass is 9.97. The average molecular weight is 464 g/mol. The normalized spacial score (nSPS) is 14.8. The summed E-state index contributed by atoms with van der Waals surface area (Å²) in [5, 5.41) is 20.9. The number of nitro groups is 1. The maximum absolute atomic E-state index is 12.3. The van der Waals surface area contributed by atoms with E-state index in [2.05, 4.69) is 6.58 Å². The van der Waals surface area contributed by atoms with E-state index in [0.717, 1.165) is 0 Å². The van der Waals surface area contributed by atoms with Crippen LogP contribution < -0.4 is 0 Å². The molecule has 1 aliphatic heterocycles. The highest BCUT2D eigenvalue weighted by molar-refractivity contribution is 5.86. The van der Waals surface area contributed by atoms with Crippen molar-refractivity contribution in [2.45, 2.75) is 38.9 Å². The van der Waals surface area contributed by atoms with Gasteiger partial charge in [-0.1, -0.05) is 18.7 Å². The van der Waals surface area contributed by atoms with Gasteiger partial charge >= 0.3 is 18.0 Å². The monoisotopic (exact) mass is 464 g/mol. The number of benzene rings is 1. The lowest BCUT2D eigenvalue weighted by Crippen LogP contribution is -2.41. The molecule has 0 saturated carbocycles. The molecule has 1 atom stereocenters. The van der Waals surface area contributed by atoms with Crippen molar-refractivity contribution in [2.24, 2.45) is 5.92 Å². The molecule has 1 aromatic rings. The van der Waals surface area contributed by atoms with E-state index in [-0.39, 0.29) is 50.6 Å². The molecular formula is C22H28N2O9. The topological polar surface area (TPSA) is 146 Å². The van der Waals surface area contributed by atoms with E-state index in [1.165, 1.54) is 30.0 Å². The van der Waals surface area contributed by atoms with Gasteiger partial charge in [-0.3, -0.25) is 14.9 Å². The number of hydrogen-bond donors (Lipinski definition) is 1. The highest BCUT2D eigenvalue weighted by Gasteiger charge is 2.29. The summed E-state index contributed by atoms with van der Waals surface area (Å²) in [5.74, 6) is -1.44. The third-order valence-electron chi connectivity index (χ3n) is 5.08. The molecule has 1 saturated heterocycles. The van der Waals surface area contributed by atoms with Gasteiger partial charge in [-0.05, 0) is 25.8 Å². The van der Waals surface area contributed by atoms with Crippen molar-refractivity contribution in [1.82, 2.24) is 4.90 Å². The van der Waals surface area contributed by atoms with Crippen LogP contribution in [-0.2, 0) is 30.4 Å². The van der Waals surface area contributed by atoms with E-state index in [1.54, 1.807) is 6.07 Å². The summed E-state index contributed by atoms with van der Waals surface area (Å²) in [6.45, 7) is 5.05. The Morgan fingerprint density at radius 3 is 2.52 bits per heavy atom. The molecule has 0 bridgehead atoms. The summed E-state index contributed by atoms with van der Waals surface area (Å²) in [7, 11) is 0. The highest BCUT2D eigenvalue weighted by atomic mass is 16.6. The quantitative estimate of drug-likeness (QED) is 0.181. The molecule has 11 nitrogen and oxygen atoms in total. The first-order valence-electron chi connectivity index (χ1n) is 10.5. The molecule has 2 rings (SSSR count). The number of aliphatic hydroxyl groups is 1. The minimum Gasteiger partial charge on any atom is -0.463 e. The second kappa shape index (κ2) is 12.5. The third kappa shape index (κ3) is 8.19. The van der Waals surface area contributed by atoms with Gasteiger partial charge in [0, 0.05) is 31.1 Å². The standard InChI is InChI=1S/C22H28N2O9/c1-15(2)20(26)31-12-9-18(25)14-32-21(27)16-7-10-23(11-8-16)22(28)33-13-17-5-3-4-6-19(17)24(29)30/h3-6,16,18,25H,1,7-14H2,2H3. The molecule has 1 aromatic carbocycles. The Balaban J connectivity index is 1.68. The van der Waals surface area contributed by atoms with Gasteiger partial charge in [0.1, 0.15) is 13.2 Å². The number of para-hydroxylation sites is 1. The summed E-state index contributed by atoms with van der Waals surface area (Å²) in [4.78, 5) is 47.7. The van der Waals surface area contributed by atoms with E-state index in [9.17, 15) is 29.6 Å². The van der Waals surface area contributed by atoms with Gasteiger partial charge in [0.25, 0.3) is 5.69 Å². The molecule has 1 aliphatic rings. The minimum atomic E-state index is -0.969. The number of nitrogens with zero attached hydrogens (tertiary/aromatic N) is 2. The lowest BCUT2D eigenvalue weighted by molar-refractivity contribution is -0.385. The molecule has 0 aromatic heterocycles. The van der Waals surface area contributed by atoms with Gasteiger partial charge in [0.15, 0.2) is 0 Å². The number of carbonyl (C=O) groups is 3. The second-order valence-electron chi connectivity index (χ2n) is 7.69. The molecule has 1 fully saturated rings. The van der Waals surface area contributed by atoms with Crippen LogP contribution in [0.3, 0.4) is 0 Å². The molecule has 11 heteroatoms. The number of hydrogen-bond acceptors (Lipinski definition) is 9. The minimum absolute atomic E-state index is 0.0168. The van der Waals surface area contributed by atoms with E-state index in [0.29, 0.717) is 18.4 Å². The van der Waals surface area contributed by atoms with Crippen molar-refractivity contribution < 1.29 is 38.6 Å².